The Labute approximate surface area is 120 Å². The average molecular weight is 271 g/mol. The number of rotatable bonds is 4. The molecule has 0 N–H and O–H groups in total. The van der Waals surface area contributed by atoms with Crippen LogP contribution in [0.1, 0.15) is 12.5 Å². The number of carbonyl (C=O) groups is 1. The highest BCUT2D eigenvalue weighted by Crippen LogP contribution is 2.25. The van der Waals surface area contributed by atoms with Crippen molar-refractivity contribution in [3.63, 3.8) is 0 Å². The molecule has 0 aromatic heterocycles. The van der Waals surface area contributed by atoms with E-state index in [1.54, 1.807) is 7.05 Å². The zero-order valence-corrected chi connectivity index (χ0v) is 12.1. The largest absolute Gasteiger partial charge is 0.332 e. The van der Waals surface area contributed by atoms with E-state index in [1.807, 2.05) is 24.3 Å². The van der Waals surface area contributed by atoms with E-state index in [1.165, 1.54) is 10.5 Å². The molecule has 0 bridgehead atoms. The van der Waals surface area contributed by atoms with Gasteiger partial charge >= 0.3 is 0 Å². The lowest BCUT2D eigenvalue weighted by molar-refractivity contribution is -0.134. The molecule has 0 aliphatic carbocycles. The normalized spacial score (nSPS) is 22.4. The van der Waals surface area contributed by atoms with E-state index in [2.05, 4.69) is 24.0 Å². The molecule has 1 aromatic rings. The Morgan fingerprint density at radius 1 is 1.40 bits per heavy atom. The number of likely N-dealkylation sites (tertiary alicyclic amines) is 1. The highest BCUT2D eigenvalue weighted by Gasteiger charge is 2.35. The molecule has 0 unspecified atom stereocenters. The van der Waals surface area contributed by atoms with Crippen LogP contribution in [-0.2, 0) is 11.3 Å². The van der Waals surface area contributed by atoms with Crippen molar-refractivity contribution in [3.05, 3.63) is 35.9 Å². The molecular formula is C16H21N3O. The number of nitriles is 1. The third-order valence-electron chi connectivity index (χ3n) is 3.94. The van der Waals surface area contributed by atoms with Gasteiger partial charge in [-0.25, -0.2) is 0 Å². The summed E-state index contributed by atoms with van der Waals surface area (Å²) in [4.78, 5) is 16.1. The lowest BCUT2D eigenvalue weighted by atomic mass is 9.97. The minimum absolute atomic E-state index is 0.0112. The van der Waals surface area contributed by atoms with E-state index in [4.69, 9.17) is 5.26 Å². The maximum absolute atomic E-state index is 12.3. The average Bonchev–Trinajstić information content (AvgIpc) is 2.80. The molecule has 4 heteroatoms. The van der Waals surface area contributed by atoms with Crippen LogP contribution in [0.3, 0.4) is 0 Å². The predicted molar refractivity (Wildman–Crippen MR) is 77.6 cm³/mol. The summed E-state index contributed by atoms with van der Waals surface area (Å²) in [6.45, 7) is 4.89. The Morgan fingerprint density at radius 3 is 2.75 bits per heavy atom. The summed E-state index contributed by atoms with van der Waals surface area (Å²) in [5.74, 6) is 0.444. The molecule has 1 amide bonds. The van der Waals surface area contributed by atoms with Crippen LogP contribution < -0.4 is 0 Å². The van der Waals surface area contributed by atoms with Gasteiger partial charge in [0, 0.05) is 26.7 Å². The van der Waals surface area contributed by atoms with Crippen molar-refractivity contribution in [2.24, 2.45) is 11.8 Å². The van der Waals surface area contributed by atoms with Gasteiger partial charge in [-0.3, -0.25) is 9.69 Å². The first-order valence-corrected chi connectivity index (χ1v) is 7.00. The Morgan fingerprint density at radius 2 is 2.10 bits per heavy atom. The van der Waals surface area contributed by atoms with Crippen LogP contribution in [0.4, 0.5) is 0 Å². The molecule has 1 aliphatic heterocycles. The molecule has 1 aliphatic rings. The second kappa shape index (κ2) is 6.53. The number of hydrogen-bond donors (Lipinski definition) is 0. The van der Waals surface area contributed by atoms with Crippen molar-refractivity contribution in [1.29, 1.82) is 5.26 Å². The van der Waals surface area contributed by atoms with Crippen LogP contribution in [0.25, 0.3) is 0 Å². The summed E-state index contributed by atoms with van der Waals surface area (Å²) in [5.41, 5.74) is 1.28. The number of nitrogens with zero attached hydrogens (tertiary/aromatic N) is 3. The molecule has 2 atom stereocenters. The summed E-state index contributed by atoms with van der Waals surface area (Å²) in [5, 5.41) is 8.69. The van der Waals surface area contributed by atoms with Gasteiger partial charge in [0.05, 0.1) is 12.0 Å². The van der Waals surface area contributed by atoms with E-state index >= 15 is 0 Å². The topological polar surface area (TPSA) is 47.3 Å². The molecule has 1 aromatic carbocycles. The summed E-state index contributed by atoms with van der Waals surface area (Å²) >= 11 is 0. The molecule has 1 heterocycles. The zero-order chi connectivity index (χ0) is 14.5. The smallest absolute Gasteiger partial charge is 0.227 e. The van der Waals surface area contributed by atoms with Crippen molar-refractivity contribution in [1.82, 2.24) is 9.80 Å². The SMILES string of the molecule is C[C@@H]1CN(Cc2ccccc2)C[C@H]1C(=O)N(C)CC#N. The fourth-order valence-corrected chi connectivity index (χ4v) is 2.83. The minimum atomic E-state index is 0.0112. The first-order chi connectivity index (χ1) is 9.61. The van der Waals surface area contributed by atoms with E-state index in [0.717, 1.165) is 19.6 Å². The fraction of sp³-hybridized carbons (Fsp3) is 0.500. The van der Waals surface area contributed by atoms with Crippen LogP contribution in [0.2, 0.25) is 0 Å². The van der Waals surface area contributed by atoms with E-state index < -0.39 is 0 Å². The number of amides is 1. The maximum atomic E-state index is 12.3. The van der Waals surface area contributed by atoms with E-state index in [9.17, 15) is 4.79 Å². The highest BCUT2D eigenvalue weighted by atomic mass is 16.2. The van der Waals surface area contributed by atoms with Crippen LogP contribution in [-0.4, -0.2) is 42.4 Å². The molecule has 1 saturated heterocycles. The second-order valence-electron chi connectivity index (χ2n) is 5.62. The van der Waals surface area contributed by atoms with Gasteiger partial charge in [0.15, 0.2) is 0 Å². The van der Waals surface area contributed by atoms with Crippen molar-refractivity contribution < 1.29 is 4.79 Å². The number of hydrogen-bond acceptors (Lipinski definition) is 3. The maximum Gasteiger partial charge on any atom is 0.227 e. The molecule has 2 rings (SSSR count). The Balaban J connectivity index is 1.95. The highest BCUT2D eigenvalue weighted by molar-refractivity contribution is 5.79. The molecule has 4 nitrogen and oxygen atoms in total. The van der Waals surface area contributed by atoms with Gasteiger partial charge in [-0.2, -0.15) is 5.26 Å². The van der Waals surface area contributed by atoms with Gasteiger partial charge in [-0.1, -0.05) is 37.3 Å². The van der Waals surface area contributed by atoms with Gasteiger partial charge in [0.25, 0.3) is 0 Å². The van der Waals surface area contributed by atoms with Crippen LogP contribution in [0, 0.1) is 23.2 Å². The van der Waals surface area contributed by atoms with Crippen molar-refractivity contribution in [2.45, 2.75) is 13.5 Å². The first-order valence-electron chi connectivity index (χ1n) is 7.00. The van der Waals surface area contributed by atoms with Gasteiger partial charge in [0.1, 0.15) is 6.54 Å². The number of benzene rings is 1. The predicted octanol–water partition coefficient (Wildman–Crippen LogP) is 1.74. The fourth-order valence-electron chi connectivity index (χ4n) is 2.83. The van der Waals surface area contributed by atoms with Crippen molar-refractivity contribution in [3.8, 4) is 6.07 Å². The summed E-state index contributed by atoms with van der Waals surface area (Å²) in [6, 6.07) is 12.3. The van der Waals surface area contributed by atoms with E-state index in [-0.39, 0.29) is 18.4 Å². The van der Waals surface area contributed by atoms with Gasteiger partial charge in [0.2, 0.25) is 5.91 Å². The monoisotopic (exact) mass is 271 g/mol. The summed E-state index contributed by atoms with van der Waals surface area (Å²) in [7, 11) is 1.71. The molecule has 1 fully saturated rings. The summed E-state index contributed by atoms with van der Waals surface area (Å²) in [6.07, 6.45) is 0. The van der Waals surface area contributed by atoms with Crippen LogP contribution in [0.5, 0.6) is 0 Å². The Kier molecular flexibility index (Phi) is 4.75. The molecule has 0 spiro atoms. The lowest BCUT2D eigenvalue weighted by Gasteiger charge is -2.20. The molecule has 0 saturated carbocycles. The minimum Gasteiger partial charge on any atom is -0.332 e. The lowest BCUT2D eigenvalue weighted by Crippen LogP contribution is -2.36. The van der Waals surface area contributed by atoms with Gasteiger partial charge < -0.3 is 4.90 Å². The zero-order valence-electron chi connectivity index (χ0n) is 12.1. The molecule has 20 heavy (non-hydrogen) atoms. The molecular weight excluding hydrogens is 250 g/mol. The Bertz CT molecular complexity index is 494. The van der Waals surface area contributed by atoms with Crippen molar-refractivity contribution >= 4 is 5.91 Å². The Hall–Kier alpha value is -1.86. The van der Waals surface area contributed by atoms with Crippen LogP contribution in [0.15, 0.2) is 30.3 Å². The molecule has 0 radical (unpaired) electrons. The molecule has 106 valence electrons. The number of carbonyl (C=O) groups excluding carboxylic acids is 1. The summed E-state index contributed by atoms with van der Waals surface area (Å²) < 4.78 is 0. The standard InChI is InChI=1S/C16H21N3O/c1-13-10-19(11-14-6-4-3-5-7-14)12-15(13)16(20)18(2)9-8-17/h3-7,13,15H,9-12H2,1-2H3/t13-,15-/m1/s1. The third-order valence-corrected chi connectivity index (χ3v) is 3.94. The quantitative estimate of drug-likeness (QED) is 0.784. The third kappa shape index (κ3) is 3.37. The van der Waals surface area contributed by atoms with Gasteiger partial charge in [-0.05, 0) is 11.5 Å². The first kappa shape index (κ1) is 14.5. The van der Waals surface area contributed by atoms with Crippen LogP contribution >= 0.6 is 0 Å². The van der Waals surface area contributed by atoms with E-state index in [0.29, 0.717) is 5.92 Å². The van der Waals surface area contributed by atoms with Gasteiger partial charge in [-0.15, -0.1) is 0 Å². The van der Waals surface area contributed by atoms with Crippen molar-refractivity contribution in [2.75, 3.05) is 26.7 Å². The second-order valence-corrected chi connectivity index (χ2v) is 5.62.